The van der Waals surface area contributed by atoms with Crippen LogP contribution in [0.2, 0.25) is 0 Å². The topological polar surface area (TPSA) is 86.6 Å². The van der Waals surface area contributed by atoms with Crippen LogP contribution in [-0.4, -0.2) is 28.4 Å². The molecule has 20 heavy (non-hydrogen) atoms. The first-order valence-electron chi connectivity index (χ1n) is 7.31. The molecule has 118 valence electrons. The van der Waals surface area contributed by atoms with Crippen molar-refractivity contribution in [2.45, 2.75) is 58.3 Å². The van der Waals surface area contributed by atoms with Gasteiger partial charge in [-0.05, 0) is 19.8 Å². The largest absolute Gasteiger partial charge is 0.352 e. The summed E-state index contributed by atoms with van der Waals surface area (Å²) in [5.74, 6) is -0.0740. The molecule has 0 saturated heterocycles. The molecule has 0 atom stereocenters. The number of rotatable bonds is 12. The lowest BCUT2D eigenvalue weighted by molar-refractivity contribution is -0.117. The van der Waals surface area contributed by atoms with Gasteiger partial charge in [0.25, 0.3) is 0 Å². The summed E-state index contributed by atoms with van der Waals surface area (Å²) in [6, 6.07) is 0. The molecule has 0 saturated carbocycles. The van der Waals surface area contributed by atoms with Crippen LogP contribution in [0.4, 0.5) is 0 Å². The zero-order chi connectivity index (χ0) is 15.4. The second kappa shape index (κ2) is 11.1. The van der Waals surface area contributed by atoms with Gasteiger partial charge in [0, 0.05) is 18.3 Å². The Morgan fingerprint density at radius 3 is 1.90 bits per heavy atom. The second-order valence-electron chi connectivity index (χ2n) is 5.25. The van der Waals surface area contributed by atoms with Gasteiger partial charge in [-0.2, -0.15) is 0 Å². The Labute approximate surface area is 122 Å². The quantitative estimate of drug-likeness (QED) is 0.294. The van der Waals surface area contributed by atoms with Crippen LogP contribution in [0.15, 0.2) is 12.2 Å². The highest BCUT2D eigenvalue weighted by atomic mass is 31.2. The highest BCUT2D eigenvalue weighted by molar-refractivity contribution is 7.51. The number of nitrogens with one attached hydrogen (secondary N) is 1. The maximum absolute atomic E-state index is 11.2. The first-order valence-corrected chi connectivity index (χ1v) is 9.11. The Kier molecular flexibility index (Phi) is 10.7. The van der Waals surface area contributed by atoms with Gasteiger partial charge in [-0.3, -0.25) is 9.36 Å². The lowest BCUT2D eigenvalue weighted by Crippen LogP contribution is -2.24. The normalized spacial score (nSPS) is 11.3. The van der Waals surface area contributed by atoms with Crippen molar-refractivity contribution in [2.24, 2.45) is 0 Å². The molecule has 0 aliphatic heterocycles. The van der Waals surface area contributed by atoms with Crippen molar-refractivity contribution >= 4 is 13.5 Å². The fourth-order valence-electron chi connectivity index (χ4n) is 1.86. The highest BCUT2D eigenvalue weighted by Crippen LogP contribution is 2.35. The van der Waals surface area contributed by atoms with E-state index in [0.29, 0.717) is 18.5 Å². The molecule has 0 fully saturated rings. The average Bonchev–Trinajstić information content (AvgIpc) is 2.34. The first-order chi connectivity index (χ1) is 9.33. The van der Waals surface area contributed by atoms with Crippen molar-refractivity contribution in [2.75, 3.05) is 12.7 Å². The molecule has 3 N–H and O–H groups in total. The molecule has 5 nitrogen and oxygen atoms in total. The van der Waals surface area contributed by atoms with Crippen molar-refractivity contribution in [3.63, 3.8) is 0 Å². The summed E-state index contributed by atoms with van der Waals surface area (Å²) in [5.41, 5.74) is 0.542. The third kappa shape index (κ3) is 13.8. The van der Waals surface area contributed by atoms with Gasteiger partial charge in [-0.25, -0.2) is 0 Å². The second-order valence-corrected chi connectivity index (χ2v) is 7.03. The van der Waals surface area contributed by atoms with E-state index >= 15 is 0 Å². The van der Waals surface area contributed by atoms with Crippen molar-refractivity contribution < 1.29 is 19.1 Å². The number of amides is 1. The molecule has 6 heteroatoms. The molecule has 0 spiro atoms. The van der Waals surface area contributed by atoms with E-state index in [9.17, 15) is 9.36 Å². The van der Waals surface area contributed by atoms with Crippen molar-refractivity contribution in [3.8, 4) is 0 Å². The minimum Gasteiger partial charge on any atom is -0.352 e. The van der Waals surface area contributed by atoms with E-state index in [-0.39, 0.29) is 12.1 Å². The first kappa shape index (κ1) is 19.4. The Bertz CT molecular complexity index is 338. The van der Waals surface area contributed by atoms with Crippen LogP contribution < -0.4 is 5.32 Å². The summed E-state index contributed by atoms with van der Waals surface area (Å²) < 4.78 is 10.6. The zero-order valence-corrected chi connectivity index (χ0v) is 13.3. The van der Waals surface area contributed by atoms with Gasteiger partial charge < -0.3 is 15.1 Å². The molecule has 0 aliphatic rings. The molecular weight excluding hydrogens is 277 g/mol. The SMILES string of the molecule is C=C(C)C(=O)NCCCCCCCCCCP(=O)(O)O. The molecule has 0 aromatic rings. The van der Waals surface area contributed by atoms with Crippen LogP contribution in [0.3, 0.4) is 0 Å². The lowest BCUT2D eigenvalue weighted by atomic mass is 10.1. The number of unbranched alkanes of at least 4 members (excludes halogenated alkanes) is 7. The third-order valence-corrected chi connectivity index (χ3v) is 3.95. The molecule has 0 radical (unpaired) electrons. The number of carbonyl (C=O) groups excluding carboxylic acids is 1. The Morgan fingerprint density at radius 1 is 1.00 bits per heavy atom. The van der Waals surface area contributed by atoms with E-state index < -0.39 is 7.60 Å². The summed E-state index contributed by atoms with van der Waals surface area (Å²) >= 11 is 0. The summed E-state index contributed by atoms with van der Waals surface area (Å²) in [6.45, 7) is 5.97. The number of carbonyl (C=O) groups is 1. The van der Waals surface area contributed by atoms with Crippen molar-refractivity contribution in [1.29, 1.82) is 0 Å². The Balaban J connectivity index is 3.20. The van der Waals surface area contributed by atoms with Gasteiger partial charge in [-0.15, -0.1) is 0 Å². The van der Waals surface area contributed by atoms with E-state index in [1.54, 1.807) is 6.92 Å². The van der Waals surface area contributed by atoms with Crippen molar-refractivity contribution in [1.82, 2.24) is 5.32 Å². The molecule has 1 amide bonds. The van der Waals surface area contributed by atoms with Crippen LogP contribution in [0.5, 0.6) is 0 Å². The van der Waals surface area contributed by atoms with Crippen LogP contribution >= 0.6 is 7.60 Å². The minimum absolute atomic E-state index is 0.00934. The molecule has 0 bridgehead atoms. The molecule has 0 heterocycles. The highest BCUT2D eigenvalue weighted by Gasteiger charge is 2.10. The third-order valence-electron chi connectivity index (χ3n) is 3.05. The van der Waals surface area contributed by atoms with Crippen LogP contribution in [-0.2, 0) is 9.36 Å². The van der Waals surface area contributed by atoms with Gasteiger partial charge in [-0.1, -0.05) is 45.1 Å². The number of hydrogen-bond acceptors (Lipinski definition) is 2. The van der Waals surface area contributed by atoms with Gasteiger partial charge in [0.15, 0.2) is 0 Å². The molecule has 0 unspecified atom stereocenters. The zero-order valence-electron chi connectivity index (χ0n) is 12.4. The van der Waals surface area contributed by atoms with Gasteiger partial charge >= 0.3 is 7.60 Å². The summed E-state index contributed by atoms with van der Waals surface area (Å²) in [7, 11) is -3.80. The van der Waals surface area contributed by atoms with E-state index in [1.807, 2.05) is 0 Å². The fourth-order valence-corrected chi connectivity index (χ4v) is 2.49. The molecule has 0 aromatic heterocycles. The monoisotopic (exact) mass is 305 g/mol. The van der Waals surface area contributed by atoms with Crippen LogP contribution in [0.1, 0.15) is 58.3 Å². The minimum atomic E-state index is -3.80. The number of hydrogen-bond donors (Lipinski definition) is 3. The van der Waals surface area contributed by atoms with E-state index in [0.717, 1.165) is 44.9 Å². The predicted octanol–water partition coefficient (Wildman–Crippen LogP) is 2.98. The Morgan fingerprint density at radius 2 is 1.45 bits per heavy atom. The molecule has 0 aromatic carbocycles. The van der Waals surface area contributed by atoms with Gasteiger partial charge in [0.05, 0.1) is 0 Å². The van der Waals surface area contributed by atoms with Crippen LogP contribution in [0.25, 0.3) is 0 Å². The molecule has 0 aliphatic carbocycles. The molecular formula is C14H28NO4P. The smallest absolute Gasteiger partial charge is 0.325 e. The maximum Gasteiger partial charge on any atom is 0.325 e. The van der Waals surface area contributed by atoms with Gasteiger partial charge in [0.2, 0.25) is 5.91 Å². The molecule has 0 rings (SSSR count). The van der Waals surface area contributed by atoms with Gasteiger partial charge in [0.1, 0.15) is 0 Å². The fraction of sp³-hybridized carbons (Fsp3) is 0.786. The standard InChI is InChI=1S/C14H28NO4P/c1-13(2)14(16)15-11-9-7-5-3-4-6-8-10-12-20(17,18)19/h1,3-12H2,2H3,(H,15,16)(H2,17,18,19). The lowest BCUT2D eigenvalue weighted by Gasteiger charge is -2.05. The van der Waals surface area contributed by atoms with E-state index in [4.69, 9.17) is 9.79 Å². The Hall–Kier alpha value is -0.640. The van der Waals surface area contributed by atoms with Crippen LogP contribution in [0, 0.1) is 0 Å². The van der Waals surface area contributed by atoms with Crippen molar-refractivity contribution in [3.05, 3.63) is 12.2 Å². The van der Waals surface area contributed by atoms with E-state index in [2.05, 4.69) is 11.9 Å². The predicted molar refractivity (Wildman–Crippen MR) is 81.7 cm³/mol. The summed E-state index contributed by atoms with van der Waals surface area (Å²) in [5, 5.41) is 2.80. The average molecular weight is 305 g/mol. The van der Waals surface area contributed by atoms with E-state index in [1.165, 1.54) is 0 Å². The summed E-state index contributed by atoms with van der Waals surface area (Å²) in [6.07, 6.45) is 8.01. The maximum atomic E-state index is 11.2. The summed E-state index contributed by atoms with van der Waals surface area (Å²) in [4.78, 5) is 28.6.